The standard InChI is InChI=1S/C13H14BrN3O3S/c1-20-12-5-10(14)11(15)6-13(12)21(18,19)17-8-9-3-2-4-16-7-9/h2-7,17H,8,15H2,1H3. The summed E-state index contributed by atoms with van der Waals surface area (Å²) < 4.78 is 32.9. The number of methoxy groups -OCH3 is 1. The maximum atomic E-state index is 12.4. The Kier molecular flexibility index (Phi) is 4.81. The van der Waals surface area contributed by atoms with Crippen LogP contribution in [-0.2, 0) is 16.6 Å². The number of anilines is 1. The van der Waals surface area contributed by atoms with Gasteiger partial charge in [-0.3, -0.25) is 4.98 Å². The molecule has 1 aromatic heterocycles. The molecule has 0 fully saturated rings. The highest BCUT2D eigenvalue weighted by Gasteiger charge is 2.21. The van der Waals surface area contributed by atoms with Gasteiger partial charge in [0.05, 0.1) is 7.11 Å². The van der Waals surface area contributed by atoms with Crippen LogP contribution in [-0.4, -0.2) is 20.5 Å². The smallest absolute Gasteiger partial charge is 0.244 e. The summed E-state index contributed by atoms with van der Waals surface area (Å²) in [4.78, 5) is 3.93. The minimum atomic E-state index is -3.74. The van der Waals surface area contributed by atoms with Crippen molar-refractivity contribution in [3.05, 3.63) is 46.7 Å². The number of halogens is 1. The number of nitrogens with one attached hydrogen (secondary N) is 1. The number of sulfonamides is 1. The van der Waals surface area contributed by atoms with Gasteiger partial charge in [0.15, 0.2) is 0 Å². The fourth-order valence-corrected chi connectivity index (χ4v) is 3.20. The Balaban J connectivity index is 2.29. The Hall–Kier alpha value is -1.64. The lowest BCUT2D eigenvalue weighted by Gasteiger charge is -2.12. The third kappa shape index (κ3) is 3.72. The van der Waals surface area contributed by atoms with Crippen LogP contribution in [0.2, 0.25) is 0 Å². The van der Waals surface area contributed by atoms with Gasteiger partial charge in [0.1, 0.15) is 10.6 Å². The number of nitrogens with zero attached hydrogens (tertiary/aromatic N) is 1. The molecule has 0 atom stereocenters. The molecule has 8 heteroatoms. The third-order valence-electron chi connectivity index (χ3n) is 2.76. The Morgan fingerprint density at radius 2 is 2.19 bits per heavy atom. The summed E-state index contributed by atoms with van der Waals surface area (Å²) in [5, 5.41) is 0. The van der Waals surface area contributed by atoms with E-state index in [0.717, 1.165) is 5.56 Å². The molecule has 21 heavy (non-hydrogen) atoms. The van der Waals surface area contributed by atoms with Gasteiger partial charge in [-0.25, -0.2) is 13.1 Å². The second-order valence-corrected chi connectivity index (χ2v) is 6.80. The van der Waals surface area contributed by atoms with E-state index in [-0.39, 0.29) is 17.2 Å². The van der Waals surface area contributed by atoms with Gasteiger partial charge in [0.2, 0.25) is 10.0 Å². The van der Waals surface area contributed by atoms with Crippen molar-refractivity contribution >= 4 is 31.6 Å². The lowest BCUT2D eigenvalue weighted by molar-refractivity contribution is 0.402. The van der Waals surface area contributed by atoms with Crippen LogP contribution in [0.1, 0.15) is 5.56 Å². The van der Waals surface area contributed by atoms with Gasteiger partial charge >= 0.3 is 0 Å². The average Bonchev–Trinajstić information content (AvgIpc) is 2.48. The zero-order chi connectivity index (χ0) is 15.5. The molecular weight excluding hydrogens is 358 g/mol. The van der Waals surface area contributed by atoms with Crippen molar-refractivity contribution in [2.75, 3.05) is 12.8 Å². The van der Waals surface area contributed by atoms with E-state index in [1.54, 1.807) is 24.5 Å². The van der Waals surface area contributed by atoms with E-state index in [2.05, 4.69) is 25.6 Å². The molecule has 2 aromatic rings. The van der Waals surface area contributed by atoms with Crippen molar-refractivity contribution in [1.29, 1.82) is 0 Å². The number of ether oxygens (including phenoxy) is 1. The second kappa shape index (κ2) is 6.42. The molecule has 112 valence electrons. The number of aromatic nitrogens is 1. The average molecular weight is 372 g/mol. The highest BCUT2D eigenvalue weighted by Crippen LogP contribution is 2.32. The quantitative estimate of drug-likeness (QED) is 0.782. The largest absolute Gasteiger partial charge is 0.495 e. The van der Waals surface area contributed by atoms with Gasteiger partial charge in [0.25, 0.3) is 0 Å². The third-order valence-corrected chi connectivity index (χ3v) is 4.87. The van der Waals surface area contributed by atoms with Crippen LogP contribution >= 0.6 is 15.9 Å². The Labute approximate surface area is 131 Å². The monoisotopic (exact) mass is 371 g/mol. The number of nitrogen functional groups attached to an aromatic ring is 1. The normalized spacial score (nSPS) is 11.3. The maximum absolute atomic E-state index is 12.4. The number of benzene rings is 1. The number of rotatable bonds is 5. The molecule has 1 aromatic carbocycles. The van der Waals surface area contributed by atoms with Crippen LogP contribution < -0.4 is 15.2 Å². The first-order valence-corrected chi connectivity index (χ1v) is 8.23. The first-order valence-electron chi connectivity index (χ1n) is 5.95. The summed E-state index contributed by atoms with van der Waals surface area (Å²) in [6.45, 7) is 0.134. The lowest BCUT2D eigenvalue weighted by atomic mass is 10.3. The van der Waals surface area contributed by atoms with E-state index >= 15 is 0 Å². The van der Waals surface area contributed by atoms with Crippen LogP contribution in [0.25, 0.3) is 0 Å². The van der Waals surface area contributed by atoms with Gasteiger partial charge in [0, 0.05) is 29.1 Å². The Morgan fingerprint density at radius 1 is 1.43 bits per heavy atom. The topological polar surface area (TPSA) is 94.3 Å². The van der Waals surface area contributed by atoms with Crippen molar-refractivity contribution < 1.29 is 13.2 Å². The highest BCUT2D eigenvalue weighted by molar-refractivity contribution is 9.10. The molecule has 0 bridgehead atoms. The molecule has 1 heterocycles. The molecule has 0 aliphatic heterocycles. The van der Waals surface area contributed by atoms with Crippen molar-refractivity contribution in [2.24, 2.45) is 0 Å². The minimum Gasteiger partial charge on any atom is -0.495 e. The summed E-state index contributed by atoms with van der Waals surface area (Å²) in [5.74, 6) is 0.217. The first kappa shape index (κ1) is 15.7. The van der Waals surface area contributed by atoms with Crippen LogP contribution in [0.3, 0.4) is 0 Å². The van der Waals surface area contributed by atoms with Crippen molar-refractivity contribution in [2.45, 2.75) is 11.4 Å². The fourth-order valence-electron chi connectivity index (χ4n) is 1.68. The van der Waals surface area contributed by atoms with E-state index in [1.165, 1.54) is 19.2 Å². The van der Waals surface area contributed by atoms with E-state index in [0.29, 0.717) is 10.2 Å². The van der Waals surface area contributed by atoms with Crippen LogP contribution in [0.5, 0.6) is 5.75 Å². The molecule has 0 spiro atoms. The van der Waals surface area contributed by atoms with Gasteiger partial charge < -0.3 is 10.5 Å². The fraction of sp³-hybridized carbons (Fsp3) is 0.154. The molecule has 0 saturated heterocycles. The summed E-state index contributed by atoms with van der Waals surface area (Å²) in [7, 11) is -2.34. The number of pyridine rings is 1. The Morgan fingerprint density at radius 3 is 2.81 bits per heavy atom. The molecule has 3 N–H and O–H groups in total. The van der Waals surface area contributed by atoms with E-state index in [4.69, 9.17) is 10.5 Å². The summed E-state index contributed by atoms with van der Waals surface area (Å²) in [5.41, 5.74) is 6.82. The Bertz CT molecular complexity index is 736. The molecule has 0 amide bonds. The highest BCUT2D eigenvalue weighted by atomic mass is 79.9. The van der Waals surface area contributed by atoms with Crippen LogP contribution in [0, 0.1) is 0 Å². The van der Waals surface area contributed by atoms with E-state index in [9.17, 15) is 8.42 Å². The summed E-state index contributed by atoms with van der Waals surface area (Å²) >= 11 is 3.23. The predicted molar refractivity (Wildman–Crippen MR) is 83.4 cm³/mol. The van der Waals surface area contributed by atoms with E-state index < -0.39 is 10.0 Å². The zero-order valence-corrected chi connectivity index (χ0v) is 13.6. The van der Waals surface area contributed by atoms with Crippen molar-refractivity contribution in [3.8, 4) is 5.75 Å². The van der Waals surface area contributed by atoms with E-state index in [1.807, 2.05) is 0 Å². The van der Waals surface area contributed by atoms with Crippen molar-refractivity contribution in [3.63, 3.8) is 0 Å². The lowest BCUT2D eigenvalue weighted by Crippen LogP contribution is -2.24. The predicted octanol–water partition coefficient (Wildman–Crippen LogP) is 1.91. The van der Waals surface area contributed by atoms with Gasteiger partial charge in [-0.05, 0) is 39.7 Å². The molecule has 0 aliphatic carbocycles. The number of hydrogen-bond donors (Lipinski definition) is 2. The molecular formula is C13H14BrN3O3S. The molecule has 2 rings (SSSR count). The SMILES string of the molecule is COc1cc(Br)c(N)cc1S(=O)(=O)NCc1cccnc1. The molecule has 0 unspecified atom stereocenters. The van der Waals surface area contributed by atoms with Gasteiger partial charge in [-0.1, -0.05) is 6.07 Å². The number of nitrogens with two attached hydrogens (primary N) is 1. The second-order valence-electron chi connectivity index (χ2n) is 4.21. The molecule has 0 radical (unpaired) electrons. The van der Waals surface area contributed by atoms with Gasteiger partial charge in [-0.2, -0.15) is 0 Å². The summed E-state index contributed by atoms with van der Waals surface area (Å²) in [6, 6.07) is 6.40. The van der Waals surface area contributed by atoms with Crippen LogP contribution in [0.15, 0.2) is 46.0 Å². The summed E-state index contributed by atoms with van der Waals surface area (Å²) in [6.07, 6.45) is 3.21. The van der Waals surface area contributed by atoms with Crippen LogP contribution in [0.4, 0.5) is 5.69 Å². The van der Waals surface area contributed by atoms with Gasteiger partial charge in [-0.15, -0.1) is 0 Å². The minimum absolute atomic E-state index is 0.00501. The molecule has 0 saturated carbocycles. The van der Waals surface area contributed by atoms with Crippen molar-refractivity contribution in [1.82, 2.24) is 9.71 Å². The maximum Gasteiger partial charge on any atom is 0.244 e. The molecule has 6 nitrogen and oxygen atoms in total. The first-order chi connectivity index (χ1) is 9.94. The number of hydrogen-bond acceptors (Lipinski definition) is 5. The molecule has 0 aliphatic rings. The zero-order valence-electron chi connectivity index (χ0n) is 11.2.